The van der Waals surface area contributed by atoms with E-state index >= 15 is 0 Å². The van der Waals surface area contributed by atoms with Crippen molar-refractivity contribution in [2.24, 2.45) is 0 Å². The molecular formula is C17H19F3N6O. The van der Waals surface area contributed by atoms with Gasteiger partial charge in [0.1, 0.15) is 5.82 Å². The van der Waals surface area contributed by atoms with Crippen molar-refractivity contribution in [2.75, 3.05) is 42.9 Å². The molecule has 0 bridgehead atoms. The fourth-order valence-corrected chi connectivity index (χ4v) is 2.83. The largest absolute Gasteiger partial charge is 0.419 e. The van der Waals surface area contributed by atoms with Crippen LogP contribution in [0.15, 0.2) is 36.8 Å². The Bertz CT molecular complexity index is 763. The fourth-order valence-electron chi connectivity index (χ4n) is 2.83. The smallest absolute Gasteiger partial charge is 0.369 e. The van der Waals surface area contributed by atoms with E-state index in [2.05, 4.69) is 20.3 Å². The molecule has 1 N–H and O–H groups in total. The third kappa shape index (κ3) is 4.83. The Hall–Kier alpha value is -2.91. The standard InChI is InChI=1S/C17H19F3N6O/c18-17(19,20)13-3-1-5-21-15(13)22-8-4-14(27)25-9-11-26(12-10-25)16-23-6-2-7-24-16/h1-3,5-7H,4,8-12H2,(H,21,22). The molecule has 1 saturated heterocycles. The number of amides is 1. The molecule has 0 saturated carbocycles. The van der Waals surface area contributed by atoms with E-state index in [0.717, 1.165) is 6.07 Å². The summed E-state index contributed by atoms with van der Waals surface area (Å²) in [6.07, 6.45) is 0.215. The number of nitrogens with zero attached hydrogens (tertiary/aromatic N) is 5. The molecule has 2 aromatic heterocycles. The minimum atomic E-state index is -4.49. The average molecular weight is 380 g/mol. The van der Waals surface area contributed by atoms with Gasteiger partial charge in [0, 0.05) is 57.7 Å². The number of hydrogen-bond donors (Lipinski definition) is 1. The number of halogens is 3. The zero-order chi connectivity index (χ0) is 19.3. The Morgan fingerprint density at radius 1 is 1.04 bits per heavy atom. The quantitative estimate of drug-likeness (QED) is 0.856. The highest BCUT2D eigenvalue weighted by molar-refractivity contribution is 5.77. The molecule has 1 aliphatic rings. The third-order valence-corrected chi connectivity index (χ3v) is 4.21. The number of alkyl halides is 3. The van der Waals surface area contributed by atoms with Crippen molar-refractivity contribution < 1.29 is 18.0 Å². The van der Waals surface area contributed by atoms with Gasteiger partial charge in [-0.2, -0.15) is 13.2 Å². The second-order valence-corrected chi connectivity index (χ2v) is 5.99. The monoisotopic (exact) mass is 380 g/mol. The van der Waals surface area contributed by atoms with Crippen LogP contribution in [0.2, 0.25) is 0 Å². The maximum atomic E-state index is 12.9. The first-order valence-electron chi connectivity index (χ1n) is 8.51. The Morgan fingerprint density at radius 2 is 1.70 bits per heavy atom. The van der Waals surface area contributed by atoms with Crippen LogP contribution in [0.4, 0.5) is 24.9 Å². The Kier molecular flexibility index (Phi) is 5.72. The van der Waals surface area contributed by atoms with Crippen LogP contribution in [-0.4, -0.2) is 58.5 Å². The molecule has 0 spiro atoms. The highest BCUT2D eigenvalue weighted by Gasteiger charge is 2.34. The molecule has 1 amide bonds. The van der Waals surface area contributed by atoms with Crippen LogP contribution < -0.4 is 10.2 Å². The molecule has 1 aliphatic heterocycles. The van der Waals surface area contributed by atoms with Crippen LogP contribution in [0.1, 0.15) is 12.0 Å². The maximum absolute atomic E-state index is 12.9. The predicted molar refractivity (Wildman–Crippen MR) is 93.2 cm³/mol. The van der Waals surface area contributed by atoms with Gasteiger partial charge in [-0.1, -0.05) is 0 Å². The molecule has 0 atom stereocenters. The van der Waals surface area contributed by atoms with E-state index in [1.54, 1.807) is 23.4 Å². The second-order valence-electron chi connectivity index (χ2n) is 5.99. The molecule has 7 nitrogen and oxygen atoms in total. The number of rotatable bonds is 5. The van der Waals surface area contributed by atoms with Crippen molar-refractivity contribution in [2.45, 2.75) is 12.6 Å². The molecule has 2 aromatic rings. The van der Waals surface area contributed by atoms with E-state index in [9.17, 15) is 18.0 Å². The minimum absolute atomic E-state index is 0.0843. The lowest BCUT2D eigenvalue weighted by Gasteiger charge is -2.34. The van der Waals surface area contributed by atoms with E-state index in [1.165, 1.54) is 12.3 Å². The topological polar surface area (TPSA) is 74.2 Å². The molecule has 10 heteroatoms. The Balaban J connectivity index is 1.47. The fraction of sp³-hybridized carbons (Fsp3) is 0.412. The highest BCUT2D eigenvalue weighted by Crippen LogP contribution is 2.33. The number of nitrogens with one attached hydrogen (secondary N) is 1. The minimum Gasteiger partial charge on any atom is -0.369 e. The van der Waals surface area contributed by atoms with Crippen LogP contribution in [0.25, 0.3) is 0 Å². The van der Waals surface area contributed by atoms with Crippen molar-refractivity contribution in [1.29, 1.82) is 0 Å². The third-order valence-electron chi connectivity index (χ3n) is 4.21. The van der Waals surface area contributed by atoms with Gasteiger partial charge in [0.05, 0.1) is 5.56 Å². The first-order chi connectivity index (χ1) is 12.9. The van der Waals surface area contributed by atoms with E-state index < -0.39 is 11.7 Å². The molecule has 144 valence electrons. The molecular weight excluding hydrogens is 361 g/mol. The normalized spacial score (nSPS) is 14.9. The Labute approximate surface area is 154 Å². The number of piperazine rings is 1. The van der Waals surface area contributed by atoms with Gasteiger partial charge in [-0.05, 0) is 18.2 Å². The Morgan fingerprint density at radius 3 is 2.37 bits per heavy atom. The summed E-state index contributed by atoms with van der Waals surface area (Å²) in [4.78, 5) is 28.1. The second kappa shape index (κ2) is 8.19. The summed E-state index contributed by atoms with van der Waals surface area (Å²) in [7, 11) is 0. The van der Waals surface area contributed by atoms with Crippen LogP contribution in [0, 0.1) is 0 Å². The van der Waals surface area contributed by atoms with Crippen LogP contribution in [-0.2, 0) is 11.0 Å². The number of aromatic nitrogens is 3. The lowest BCUT2D eigenvalue weighted by Crippen LogP contribution is -2.49. The lowest BCUT2D eigenvalue weighted by atomic mass is 10.2. The summed E-state index contributed by atoms with van der Waals surface area (Å²) in [5.41, 5.74) is -0.839. The van der Waals surface area contributed by atoms with Crippen molar-refractivity contribution in [1.82, 2.24) is 19.9 Å². The van der Waals surface area contributed by atoms with E-state index in [-0.39, 0.29) is 24.7 Å². The van der Waals surface area contributed by atoms with Gasteiger partial charge < -0.3 is 15.1 Å². The molecule has 3 rings (SSSR count). The van der Waals surface area contributed by atoms with Gasteiger partial charge in [0.25, 0.3) is 0 Å². The van der Waals surface area contributed by atoms with Gasteiger partial charge in [-0.15, -0.1) is 0 Å². The summed E-state index contributed by atoms with van der Waals surface area (Å²) in [6.45, 7) is 2.35. The zero-order valence-corrected chi connectivity index (χ0v) is 14.5. The molecule has 27 heavy (non-hydrogen) atoms. The van der Waals surface area contributed by atoms with Gasteiger partial charge in [0.2, 0.25) is 11.9 Å². The average Bonchev–Trinajstić information content (AvgIpc) is 2.68. The summed E-state index contributed by atoms with van der Waals surface area (Å²) in [5.74, 6) is 0.255. The molecule has 0 aliphatic carbocycles. The van der Waals surface area contributed by atoms with Crippen LogP contribution >= 0.6 is 0 Å². The summed E-state index contributed by atoms with van der Waals surface area (Å²) in [5, 5.41) is 2.62. The van der Waals surface area contributed by atoms with Gasteiger partial charge in [-0.3, -0.25) is 4.79 Å². The molecule has 0 unspecified atom stereocenters. The number of hydrogen-bond acceptors (Lipinski definition) is 6. The van der Waals surface area contributed by atoms with Crippen molar-refractivity contribution in [3.63, 3.8) is 0 Å². The van der Waals surface area contributed by atoms with Gasteiger partial charge in [0.15, 0.2) is 0 Å². The van der Waals surface area contributed by atoms with Crippen molar-refractivity contribution >= 4 is 17.7 Å². The number of anilines is 2. The number of carbonyl (C=O) groups excluding carboxylic acids is 1. The summed E-state index contributed by atoms with van der Waals surface area (Å²) < 4.78 is 38.8. The number of pyridine rings is 1. The first-order valence-corrected chi connectivity index (χ1v) is 8.51. The van der Waals surface area contributed by atoms with Gasteiger partial charge in [-0.25, -0.2) is 15.0 Å². The predicted octanol–water partition coefficient (Wildman–Crippen LogP) is 2.04. The van der Waals surface area contributed by atoms with E-state index in [4.69, 9.17) is 0 Å². The van der Waals surface area contributed by atoms with Crippen molar-refractivity contribution in [3.8, 4) is 0 Å². The van der Waals surface area contributed by atoms with Gasteiger partial charge >= 0.3 is 6.18 Å². The molecule has 1 fully saturated rings. The zero-order valence-electron chi connectivity index (χ0n) is 14.5. The van der Waals surface area contributed by atoms with Crippen molar-refractivity contribution in [3.05, 3.63) is 42.4 Å². The molecule has 3 heterocycles. The summed E-state index contributed by atoms with van der Waals surface area (Å²) >= 11 is 0. The first kappa shape index (κ1) is 18.9. The SMILES string of the molecule is O=C(CCNc1ncccc1C(F)(F)F)N1CCN(c2ncccn2)CC1. The van der Waals surface area contributed by atoms with Crippen LogP contribution in [0.5, 0.6) is 0 Å². The van der Waals surface area contributed by atoms with E-state index in [0.29, 0.717) is 32.1 Å². The maximum Gasteiger partial charge on any atom is 0.419 e. The molecule has 0 radical (unpaired) electrons. The molecule has 0 aromatic carbocycles. The van der Waals surface area contributed by atoms with E-state index in [1.807, 2.05) is 4.90 Å². The number of carbonyl (C=O) groups is 1. The lowest BCUT2D eigenvalue weighted by molar-refractivity contribution is -0.137. The highest BCUT2D eigenvalue weighted by atomic mass is 19.4. The summed E-state index contributed by atoms with van der Waals surface area (Å²) in [6, 6.07) is 3.93. The van der Waals surface area contributed by atoms with Crippen LogP contribution in [0.3, 0.4) is 0 Å².